The number of hydrogen-bond donors (Lipinski definition) is 1. The van der Waals surface area contributed by atoms with E-state index in [1.807, 2.05) is 11.0 Å². The lowest BCUT2D eigenvalue weighted by atomic mass is 9.94. The maximum absolute atomic E-state index is 12.6. The van der Waals surface area contributed by atoms with Crippen LogP contribution in [0.15, 0.2) is 36.4 Å². The first kappa shape index (κ1) is 17.2. The molecule has 3 heterocycles. The summed E-state index contributed by atoms with van der Waals surface area (Å²) in [6, 6.07) is 12.6. The highest BCUT2D eigenvalue weighted by atomic mass is 16.5. The Bertz CT molecular complexity index is 724. The Morgan fingerprint density at radius 2 is 2.00 bits per heavy atom. The molecular formula is C20H26N4O2. The Hall–Kier alpha value is -2.18. The molecule has 1 unspecified atom stereocenters. The first-order chi connectivity index (χ1) is 12.8. The number of benzene rings is 1. The van der Waals surface area contributed by atoms with Gasteiger partial charge in [0.15, 0.2) is 0 Å². The van der Waals surface area contributed by atoms with Crippen molar-refractivity contribution in [2.24, 2.45) is 0 Å². The summed E-state index contributed by atoms with van der Waals surface area (Å²) in [5.41, 5.74) is 2.96. The van der Waals surface area contributed by atoms with Crippen molar-refractivity contribution in [2.75, 3.05) is 39.4 Å². The van der Waals surface area contributed by atoms with E-state index in [0.717, 1.165) is 31.7 Å². The second kappa shape index (κ2) is 8.01. The number of morpholine rings is 1. The highest BCUT2D eigenvalue weighted by Crippen LogP contribution is 2.27. The van der Waals surface area contributed by atoms with Crippen molar-refractivity contribution in [3.63, 3.8) is 0 Å². The quantitative estimate of drug-likeness (QED) is 0.915. The van der Waals surface area contributed by atoms with Crippen LogP contribution in [0.3, 0.4) is 0 Å². The third kappa shape index (κ3) is 3.97. The largest absolute Gasteiger partial charge is 0.378 e. The van der Waals surface area contributed by atoms with Gasteiger partial charge in [0.05, 0.1) is 13.2 Å². The minimum Gasteiger partial charge on any atom is -0.378 e. The Morgan fingerprint density at radius 1 is 1.19 bits per heavy atom. The molecule has 2 aliphatic rings. The summed E-state index contributed by atoms with van der Waals surface area (Å²) in [7, 11) is 0. The number of H-pyrrole nitrogens is 1. The van der Waals surface area contributed by atoms with Gasteiger partial charge in [-0.25, -0.2) is 0 Å². The Labute approximate surface area is 154 Å². The van der Waals surface area contributed by atoms with Crippen LogP contribution < -0.4 is 0 Å². The van der Waals surface area contributed by atoms with Crippen LogP contribution >= 0.6 is 0 Å². The van der Waals surface area contributed by atoms with E-state index in [1.165, 1.54) is 12.0 Å². The molecule has 6 nitrogen and oxygen atoms in total. The molecule has 0 saturated carbocycles. The van der Waals surface area contributed by atoms with Crippen LogP contribution in [0.4, 0.5) is 0 Å². The van der Waals surface area contributed by atoms with Gasteiger partial charge in [-0.05, 0) is 31.0 Å². The molecule has 6 heteroatoms. The molecule has 1 atom stereocenters. The Morgan fingerprint density at radius 3 is 2.81 bits per heavy atom. The lowest BCUT2D eigenvalue weighted by Crippen LogP contribution is -2.40. The number of carbonyl (C=O) groups excluding carboxylic acids is 1. The maximum Gasteiger partial charge on any atom is 0.274 e. The van der Waals surface area contributed by atoms with Crippen LogP contribution in [0.5, 0.6) is 0 Å². The number of aromatic amines is 1. The molecule has 1 aromatic heterocycles. The number of hydrogen-bond acceptors (Lipinski definition) is 4. The number of amides is 1. The van der Waals surface area contributed by atoms with E-state index < -0.39 is 0 Å². The van der Waals surface area contributed by atoms with Crippen molar-refractivity contribution in [1.29, 1.82) is 0 Å². The van der Waals surface area contributed by atoms with Crippen molar-refractivity contribution in [1.82, 2.24) is 20.0 Å². The summed E-state index contributed by atoms with van der Waals surface area (Å²) < 4.78 is 5.32. The summed E-state index contributed by atoms with van der Waals surface area (Å²) in [4.78, 5) is 16.9. The molecule has 1 N–H and O–H groups in total. The summed E-state index contributed by atoms with van der Waals surface area (Å²) in [5, 5.41) is 7.42. The van der Waals surface area contributed by atoms with Crippen molar-refractivity contribution < 1.29 is 9.53 Å². The van der Waals surface area contributed by atoms with Crippen LogP contribution in [0, 0.1) is 0 Å². The van der Waals surface area contributed by atoms with Gasteiger partial charge in [0, 0.05) is 37.8 Å². The van der Waals surface area contributed by atoms with E-state index in [1.54, 1.807) is 0 Å². The van der Waals surface area contributed by atoms with Crippen molar-refractivity contribution in [2.45, 2.75) is 25.3 Å². The summed E-state index contributed by atoms with van der Waals surface area (Å²) >= 11 is 0. The van der Waals surface area contributed by atoms with Crippen molar-refractivity contribution in [3.05, 3.63) is 53.3 Å². The number of carbonyl (C=O) groups is 1. The number of nitrogens with zero attached hydrogens (tertiary/aromatic N) is 3. The Kier molecular flexibility index (Phi) is 5.32. The van der Waals surface area contributed by atoms with E-state index in [0.29, 0.717) is 37.9 Å². The minimum absolute atomic E-state index is 0.00718. The fourth-order valence-electron chi connectivity index (χ4n) is 3.88. The number of nitrogens with one attached hydrogen (secondary N) is 1. The first-order valence-electron chi connectivity index (χ1n) is 9.48. The predicted octanol–water partition coefficient (Wildman–Crippen LogP) is 2.26. The standard InChI is InChI=1S/C20H26N4O2/c25-20(24-9-11-26-12-10-24)19-13-18(21-22-19)17-7-4-8-23(15-17)14-16-5-2-1-3-6-16/h1-3,5-6,13,17H,4,7-12,14-15H2,(H,21,22). The number of piperidine rings is 1. The average molecular weight is 354 g/mol. The lowest BCUT2D eigenvalue weighted by molar-refractivity contribution is 0.0299. The van der Waals surface area contributed by atoms with Gasteiger partial charge in [-0.15, -0.1) is 0 Å². The number of aromatic nitrogens is 2. The zero-order valence-electron chi connectivity index (χ0n) is 15.1. The topological polar surface area (TPSA) is 61.5 Å². The van der Waals surface area contributed by atoms with Crippen LogP contribution in [0.2, 0.25) is 0 Å². The second-order valence-corrected chi connectivity index (χ2v) is 7.17. The van der Waals surface area contributed by atoms with Gasteiger partial charge >= 0.3 is 0 Å². The molecule has 1 amide bonds. The molecule has 26 heavy (non-hydrogen) atoms. The van der Waals surface area contributed by atoms with E-state index in [2.05, 4.69) is 45.4 Å². The van der Waals surface area contributed by atoms with E-state index in [4.69, 9.17) is 4.74 Å². The molecule has 2 aromatic rings. The van der Waals surface area contributed by atoms with Gasteiger partial charge in [0.1, 0.15) is 5.69 Å². The molecule has 0 radical (unpaired) electrons. The summed E-state index contributed by atoms with van der Waals surface area (Å²) in [5.74, 6) is 0.416. The van der Waals surface area contributed by atoms with Crippen molar-refractivity contribution >= 4 is 5.91 Å². The molecule has 0 spiro atoms. The predicted molar refractivity (Wildman–Crippen MR) is 99.0 cm³/mol. The zero-order chi connectivity index (χ0) is 17.8. The fourth-order valence-corrected chi connectivity index (χ4v) is 3.88. The van der Waals surface area contributed by atoms with E-state index in [9.17, 15) is 4.79 Å². The van der Waals surface area contributed by atoms with Gasteiger partial charge in [-0.3, -0.25) is 14.8 Å². The molecular weight excluding hydrogens is 328 g/mol. The van der Waals surface area contributed by atoms with Crippen molar-refractivity contribution in [3.8, 4) is 0 Å². The van der Waals surface area contributed by atoms with Crippen LogP contribution in [-0.2, 0) is 11.3 Å². The zero-order valence-corrected chi connectivity index (χ0v) is 15.1. The lowest BCUT2D eigenvalue weighted by Gasteiger charge is -2.32. The average Bonchev–Trinajstić information content (AvgIpc) is 3.19. The number of rotatable bonds is 4. The SMILES string of the molecule is O=C(c1cc(C2CCCN(Cc3ccccc3)C2)[nH]n1)N1CCOCC1. The molecule has 2 aliphatic heterocycles. The minimum atomic E-state index is 0.00718. The molecule has 1 aromatic carbocycles. The third-order valence-electron chi connectivity index (χ3n) is 5.31. The Balaban J connectivity index is 1.39. The molecule has 2 fully saturated rings. The fraction of sp³-hybridized carbons (Fsp3) is 0.500. The molecule has 138 valence electrons. The van der Waals surface area contributed by atoms with Gasteiger partial charge < -0.3 is 9.64 Å². The maximum atomic E-state index is 12.6. The summed E-state index contributed by atoms with van der Waals surface area (Å²) in [6.07, 6.45) is 2.31. The van der Waals surface area contributed by atoms with Crippen LogP contribution in [0.1, 0.15) is 40.5 Å². The molecule has 0 aliphatic carbocycles. The highest BCUT2D eigenvalue weighted by Gasteiger charge is 2.26. The van der Waals surface area contributed by atoms with Gasteiger partial charge in [0.25, 0.3) is 5.91 Å². The molecule has 4 rings (SSSR count). The van der Waals surface area contributed by atoms with Crippen LogP contribution in [-0.4, -0.2) is 65.3 Å². The smallest absolute Gasteiger partial charge is 0.274 e. The monoisotopic (exact) mass is 354 g/mol. The summed E-state index contributed by atoms with van der Waals surface area (Å²) in [6.45, 7) is 5.62. The van der Waals surface area contributed by atoms with E-state index >= 15 is 0 Å². The van der Waals surface area contributed by atoms with Gasteiger partial charge in [0.2, 0.25) is 0 Å². The normalized spacial score (nSPS) is 21.7. The van der Waals surface area contributed by atoms with E-state index in [-0.39, 0.29) is 5.91 Å². The van der Waals surface area contributed by atoms with Gasteiger partial charge in [-0.1, -0.05) is 30.3 Å². The second-order valence-electron chi connectivity index (χ2n) is 7.17. The molecule has 0 bridgehead atoms. The highest BCUT2D eigenvalue weighted by molar-refractivity contribution is 5.92. The number of likely N-dealkylation sites (tertiary alicyclic amines) is 1. The molecule has 2 saturated heterocycles. The first-order valence-corrected chi connectivity index (χ1v) is 9.48. The third-order valence-corrected chi connectivity index (χ3v) is 5.31. The number of ether oxygens (including phenoxy) is 1. The van der Waals surface area contributed by atoms with Crippen LogP contribution in [0.25, 0.3) is 0 Å². The van der Waals surface area contributed by atoms with Gasteiger partial charge in [-0.2, -0.15) is 5.10 Å².